The summed E-state index contributed by atoms with van der Waals surface area (Å²) in [5, 5.41) is 3.56. The fourth-order valence-corrected chi connectivity index (χ4v) is 4.19. The Morgan fingerprint density at radius 3 is 2.41 bits per heavy atom. The van der Waals surface area contributed by atoms with Gasteiger partial charge in [-0.15, -0.1) is 0 Å². The van der Waals surface area contributed by atoms with E-state index < -0.39 is 0 Å². The summed E-state index contributed by atoms with van der Waals surface area (Å²) in [4.78, 5) is 0. The van der Waals surface area contributed by atoms with Gasteiger partial charge < -0.3 is 14.8 Å². The molecule has 1 unspecified atom stereocenters. The van der Waals surface area contributed by atoms with Gasteiger partial charge in [0.2, 0.25) is 0 Å². The van der Waals surface area contributed by atoms with Gasteiger partial charge in [-0.3, -0.25) is 0 Å². The average Bonchev–Trinajstić information content (AvgIpc) is 2.65. The van der Waals surface area contributed by atoms with Crippen LogP contribution in [0.2, 0.25) is 0 Å². The Labute approximate surface area is 161 Å². The van der Waals surface area contributed by atoms with Crippen LogP contribution in [-0.4, -0.2) is 25.9 Å². The Morgan fingerprint density at radius 2 is 1.78 bits per heavy atom. The fourth-order valence-electron chi connectivity index (χ4n) is 4.19. The van der Waals surface area contributed by atoms with Gasteiger partial charge in [-0.2, -0.15) is 0 Å². The zero-order valence-corrected chi connectivity index (χ0v) is 16.6. The Kier molecular flexibility index (Phi) is 6.18. The van der Waals surface area contributed by atoms with Crippen LogP contribution in [0.25, 0.3) is 0 Å². The minimum Gasteiger partial charge on any atom is -0.497 e. The number of methoxy groups -OCH3 is 1. The lowest BCUT2D eigenvalue weighted by Crippen LogP contribution is -2.45. The number of rotatable bonds is 7. The first-order valence-corrected chi connectivity index (χ1v) is 9.66. The predicted molar refractivity (Wildman–Crippen MR) is 107 cm³/mol. The number of halogens is 1. The molecule has 1 heterocycles. The van der Waals surface area contributed by atoms with E-state index in [9.17, 15) is 4.39 Å². The second-order valence-corrected chi connectivity index (χ2v) is 8.10. The van der Waals surface area contributed by atoms with Crippen LogP contribution < -0.4 is 10.1 Å². The molecule has 3 nitrogen and oxygen atoms in total. The van der Waals surface area contributed by atoms with E-state index in [0.29, 0.717) is 0 Å². The number of hydrogen-bond acceptors (Lipinski definition) is 3. The summed E-state index contributed by atoms with van der Waals surface area (Å²) in [7, 11) is 1.68. The first-order valence-electron chi connectivity index (χ1n) is 9.66. The molecule has 0 radical (unpaired) electrons. The number of hydrogen-bond donors (Lipinski definition) is 1. The summed E-state index contributed by atoms with van der Waals surface area (Å²) in [6.07, 6.45) is 2.91. The third-order valence-electron chi connectivity index (χ3n) is 5.56. The first kappa shape index (κ1) is 19.8. The largest absolute Gasteiger partial charge is 0.497 e. The summed E-state index contributed by atoms with van der Waals surface area (Å²) in [5.41, 5.74) is 2.30. The molecular formula is C23H30FNO2. The highest BCUT2D eigenvalue weighted by Gasteiger charge is 2.41. The minimum absolute atomic E-state index is 0.0162. The molecule has 0 spiro atoms. The van der Waals surface area contributed by atoms with Gasteiger partial charge in [-0.25, -0.2) is 4.39 Å². The summed E-state index contributed by atoms with van der Waals surface area (Å²) < 4.78 is 24.6. The maximum Gasteiger partial charge on any atom is 0.123 e. The van der Waals surface area contributed by atoms with Crippen LogP contribution in [0.4, 0.5) is 4.39 Å². The van der Waals surface area contributed by atoms with Gasteiger partial charge in [0.25, 0.3) is 0 Å². The highest BCUT2D eigenvalue weighted by molar-refractivity contribution is 5.28. The SMILES string of the molecule is COc1ccc(CNCCC2(c3ccc(F)cc3)CCOC(C)(C)C2)cc1. The molecule has 1 aliphatic rings. The van der Waals surface area contributed by atoms with Crippen molar-refractivity contribution in [1.82, 2.24) is 5.32 Å². The summed E-state index contributed by atoms with van der Waals surface area (Å²) in [5.74, 6) is 0.691. The van der Waals surface area contributed by atoms with Crippen LogP contribution in [0.5, 0.6) is 5.75 Å². The van der Waals surface area contributed by atoms with Gasteiger partial charge in [0.15, 0.2) is 0 Å². The van der Waals surface area contributed by atoms with Crippen molar-refractivity contribution >= 4 is 0 Å². The Hall–Kier alpha value is -1.91. The molecule has 0 bridgehead atoms. The second-order valence-electron chi connectivity index (χ2n) is 8.10. The molecule has 0 aromatic heterocycles. The van der Waals surface area contributed by atoms with Crippen molar-refractivity contribution in [3.05, 3.63) is 65.5 Å². The van der Waals surface area contributed by atoms with Crippen LogP contribution >= 0.6 is 0 Å². The van der Waals surface area contributed by atoms with Gasteiger partial charge >= 0.3 is 0 Å². The highest BCUT2D eigenvalue weighted by Crippen LogP contribution is 2.43. The van der Waals surface area contributed by atoms with Crippen LogP contribution in [0.15, 0.2) is 48.5 Å². The van der Waals surface area contributed by atoms with Crippen molar-refractivity contribution < 1.29 is 13.9 Å². The molecule has 3 rings (SSSR count). The number of benzene rings is 2. The summed E-state index contributed by atoms with van der Waals surface area (Å²) in [6.45, 7) is 6.76. The van der Waals surface area contributed by atoms with E-state index in [1.807, 2.05) is 24.3 Å². The maximum absolute atomic E-state index is 13.4. The van der Waals surface area contributed by atoms with E-state index in [2.05, 4.69) is 31.3 Å². The van der Waals surface area contributed by atoms with Crippen molar-refractivity contribution in [2.75, 3.05) is 20.3 Å². The van der Waals surface area contributed by atoms with Crippen LogP contribution in [0.3, 0.4) is 0 Å². The maximum atomic E-state index is 13.4. The molecule has 1 atom stereocenters. The van der Waals surface area contributed by atoms with Crippen LogP contribution in [0, 0.1) is 5.82 Å². The van der Waals surface area contributed by atoms with Crippen molar-refractivity contribution in [2.24, 2.45) is 0 Å². The van der Waals surface area contributed by atoms with Gasteiger partial charge in [0.1, 0.15) is 11.6 Å². The zero-order valence-electron chi connectivity index (χ0n) is 16.6. The normalized spacial score (nSPS) is 21.8. The van der Waals surface area contributed by atoms with Crippen molar-refractivity contribution in [3.63, 3.8) is 0 Å². The molecule has 1 aliphatic heterocycles. The molecule has 1 saturated heterocycles. The van der Waals surface area contributed by atoms with E-state index >= 15 is 0 Å². The van der Waals surface area contributed by atoms with E-state index in [1.54, 1.807) is 19.2 Å². The van der Waals surface area contributed by atoms with Gasteiger partial charge in [-0.05, 0) is 75.0 Å². The molecular weight excluding hydrogens is 341 g/mol. The van der Waals surface area contributed by atoms with E-state index in [1.165, 1.54) is 11.1 Å². The van der Waals surface area contributed by atoms with Gasteiger partial charge in [-0.1, -0.05) is 24.3 Å². The molecule has 1 N–H and O–H groups in total. The summed E-state index contributed by atoms with van der Waals surface area (Å²) in [6, 6.07) is 15.2. The molecule has 1 fully saturated rings. The van der Waals surface area contributed by atoms with Gasteiger partial charge in [0.05, 0.1) is 12.7 Å². The standard InChI is InChI=1S/C23H30FNO2/c1-22(2)17-23(13-15-27-22,19-6-8-20(24)9-7-19)12-14-25-16-18-4-10-21(26-3)11-5-18/h4-11,25H,12-17H2,1-3H3. The molecule has 0 aliphatic carbocycles. The Bertz CT molecular complexity index is 727. The van der Waals surface area contributed by atoms with Gasteiger partial charge in [0, 0.05) is 18.6 Å². The Morgan fingerprint density at radius 1 is 1.07 bits per heavy atom. The lowest BCUT2D eigenvalue weighted by Gasteiger charge is -2.45. The predicted octanol–water partition coefficient (Wildman–Crippen LogP) is 4.84. The fraction of sp³-hybridized carbons (Fsp3) is 0.478. The zero-order chi connectivity index (χ0) is 19.3. The quantitative estimate of drug-likeness (QED) is 0.707. The van der Waals surface area contributed by atoms with Crippen molar-refractivity contribution in [1.29, 1.82) is 0 Å². The van der Waals surface area contributed by atoms with E-state index in [4.69, 9.17) is 9.47 Å². The number of ether oxygens (including phenoxy) is 2. The molecule has 146 valence electrons. The van der Waals surface area contributed by atoms with Crippen LogP contribution in [-0.2, 0) is 16.7 Å². The lowest BCUT2D eigenvalue weighted by atomic mass is 9.67. The third-order valence-corrected chi connectivity index (χ3v) is 5.56. The highest BCUT2D eigenvalue weighted by atomic mass is 19.1. The van der Waals surface area contributed by atoms with Crippen molar-refractivity contribution in [2.45, 2.75) is 50.7 Å². The van der Waals surface area contributed by atoms with Crippen molar-refractivity contribution in [3.8, 4) is 5.75 Å². The average molecular weight is 371 g/mol. The Balaban J connectivity index is 1.65. The monoisotopic (exact) mass is 371 g/mol. The first-order chi connectivity index (χ1) is 12.9. The van der Waals surface area contributed by atoms with E-state index in [0.717, 1.165) is 44.7 Å². The second kappa shape index (κ2) is 8.41. The molecule has 4 heteroatoms. The molecule has 27 heavy (non-hydrogen) atoms. The van der Waals surface area contributed by atoms with Crippen LogP contribution in [0.1, 0.15) is 44.2 Å². The molecule has 2 aromatic rings. The van der Waals surface area contributed by atoms with E-state index in [-0.39, 0.29) is 16.8 Å². The lowest BCUT2D eigenvalue weighted by molar-refractivity contribution is -0.0840. The molecule has 2 aromatic carbocycles. The molecule has 0 amide bonds. The topological polar surface area (TPSA) is 30.5 Å². The third kappa shape index (κ3) is 5.08. The molecule has 0 saturated carbocycles. The minimum atomic E-state index is -0.183. The summed E-state index contributed by atoms with van der Waals surface area (Å²) >= 11 is 0. The smallest absolute Gasteiger partial charge is 0.123 e. The number of nitrogens with one attached hydrogen (secondary N) is 1.